The van der Waals surface area contributed by atoms with Gasteiger partial charge in [-0.1, -0.05) is 76.5 Å². The standard InChI is InChI=1S/C25H34N2O2/c1-2-3-4-5-6-7-8-9-13-20-26-24(28)22-16-18-23(19-17-22)27-25(29)21-14-11-10-12-15-21/h10-12,14-19H,2-9,13,20H2,1H3,(H,26,28)(H,27,29). The molecule has 4 heteroatoms. The topological polar surface area (TPSA) is 58.2 Å². The van der Waals surface area contributed by atoms with Crippen LogP contribution in [0.25, 0.3) is 0 Å². The van der Waals surface area contributed by atoms with Crippen molar-refractivity contribution in [2.45, 2.75) is 64.7 Å². The summed E-state index contributed by atoms with van der Waals surface area (Å²) in [4.78, 5) is 24.4. The zero-order chi connectivity index (χ0) is 20.7. The Morgan fingerprint density at radius 1 is 0.655 bits per heavy atom. The van der Waals surface area contributed by atoms with Crippen LogP contribution >= 0.6 is 0 Å². The van der Waals surface area contributed by atoms with E-state index in [1.165, 1.54) is 51.4 Å². The van der Waals surface area contributed by atoms with E-state index in [4.69, 9.17) is 0 Å². The number of carbonyl (C=O) groups excluding carboxylic acids is 2. The van der Waals surface area contributed by atoms with Crippen molar-refractivity contribution in [1.29, 1.82) is 0 Å². The molecule has 0 radical (unpaired) electrons. The molecule has 0 bridgehead atoms. The Hall–Kier alpha value is -2.62. The van der Waals surface area contributed by atoms with Gasteiger partial charge in [-0.25, -0.2) is 0 Å². The third-order valence-electron chi connectivity index (χ3n) is 5.01. The van der Waals surface area contributed by atoms with Gasteiger partial charge in [0.2, 0.25) is 0 Å². The fraction of sp³-hybridized carbons (Fsp3) is 0.440. The van der Waals surface area contributed by atoms with Gasteiger partial charge in [0.1, 0.15) is 0 Å². The SMILES string of the molecule is CCCCCCCCCCCNC(=O)c1ccc(NC(=O)c2ccccc2)cc1. The Labute approximate surface area is 175 Å². The van der Waals surface area contributed by atoms with Gasteiger partial charge in [0.25, 0.3) is 11.8 Å². The van der Waals surface area contributed by atoms with Gasteiger partial charge in [0.05, 0.1) is 0 Å². The zero-order valence-electron chi connectivity index (χ0n) is 17.6. The van der Waals surface area contributed by atoms with Crippen LogP contribution in [0.4, 0.5) is 5.69 Å². The molecule has 0 unspecified atom stereocenters. The van der Waals surface area contributed by atoms with Gasteiger partial charge in [0.15, 0.2) is 0 Å². The van der Waals surface area contributed by atoms with Crippen molar-refractivity contribution in [1.82, 2.24) is 5.32 Å². The number of nitrogens with one attached hydrogen (secondary N) is 2. The minimum absolute atomic E-state index is 0.0644. The second kappa shape index (κ2) is 13.5. The summed E-state index contributed by atoms with van der Waals surface area (Å²) >= 11 is 0. The minimum Gasteiger partial charge on any atom is -0.352 e. The van der Waals surface area contributed by atoms with E-state index in [2.05, 4.69) is 17.6 Å². The molecule has 156 valence electrons. The predicted octanol–water partition coefficient (Wildman–Crippen LogP) is 6.20. The molecule has 2 aromatic rings. The first-order valence-electron chi connectivity index (χ1n) is 11.0. The third-order valence-corrected chi connectivity index (χ3v) is 5.01. The molecule has 0 saturated heterocycles. The van der Waals surface area contributed by atoms with Gasteiger partial charge < -0.3 is 10.6 Å². The maximum absolute atomic E-state index is 12.2. The number of benzene rings is 2. The molecule has 4 nitrogen and oxygen atoms in total. The summed E-state index contributed by atoms with van der Waals surface area (Å²) in [5.41, 5.74) is 1.89. The molecular weight excluding hydrogens is 360 g/mol. The van der Waals surface area contributed by atoms with Gasteiger partial charge in [-0.05, 0) is 42.8 Å². The molecule has 0 aliphatic carbocycles. The smallest absolute Gasteiger partial charge is 0.255 e. The van der Waals surface area contributed by atoms with Crippen LogP contribution in [0.15, 0.2) is 54.6 Å². The van der Waals surface area contributed by atoms with E-state index in [0.717, 1.165) is 6.42 Å². The molecular formula is C25H34N2O2. The third kappa shape index (κ3) is 8.95. The Morgan fingerprint density at radius 3 is 1.83 bits per heavy atom. The van der Waals surface area contributed by atoms with E-state index in [9.17, 15) is 9.59 Å². The Morgan fingerprint density at radius 2 is 1.21 bits per heavy atom. The number of carbonyl (C=O) groups is 2. The van der Waals surface area contributed by atoms with Gasteiger partial charge in [-0.2, -0.15) is 0 Å². The van der Waals surface area contributed by atoms with Crippen molar-refractivity contribution in [3.8, 4) is 0 Å². The number of hydrogen-bond acceptors (Lipinski definition) is 2. The lowest BCUT2D eigenvalue weighted by Gasteiger charge is -2.08. The van der Waals surface area contributed by atoms with Crippen molar-refractivity contribution in [3.63, 3.8) is 0 Å². The zero-order valence-corrected chi connectivity index (χ0v) is 17.6. The van der Waals surface area contributed by atoms with E-state index in [0.29, 0.717) is 23.4 Å². The van der Waals surface area contributed by atoms with E-state index >= 15 is 0 Å². The van der Waals surface area contributed by atoms with E-state index in [1.54, 1.807) is 36.4 Å². The maximum atomic E-state index is 12.2. The maximum Gasteiger partial charge on any atom is 0.255 e. The molecule has 2 amide bonds. The molecule has 2 rings (SSSR count). The largest absolute Gasteiger partial charge is 0.352 e. The predicted molar refractivity (Wildman–Crippen MR) is 120 cm³/mol. The summed E-state index contributed by atoms with van der Waals surface area (Å²) in [5.74, 6) is -0.223. The monoisotopic (exact) mass is 394 g/mol. The average Bonchev–Trinajstić information content (AvgIpc) is 2.76. The van der Waals surface area contributed by atoms with E-state index in [1.807, 2.05) is 18.2 Å². The van der Waals surface area contributed by atoms with Gasteiger partial charge >= 0.3 is 0 Å². The number of rotatable bonds is 13. The number of anilines is 1. The normalized spacial score (nSPS) is 10.5. The fourth-order valence-corrected chi connectivity index (χ4v) is 3.24. The number of unbranched alkanes of at least 4 members (excludes halogenated alkanes) is 8. The molecule has 0 atom stereocenters. The second-order valence-corrected chi connectivity index (χ2v) is 7.48. The molecule has 0 saturated carbocycles. The van der Waals surface area contributed by atoms with Crippen LogP contribution in [0, 0.1) is 0 Å². The molecule has 0 aromatic heterocycles. The van der Waals surface area contributed by atoms with Crippen LogP contribution in [0.3, 0.4) is 0 Å². The molecule has 0 heterocycles. The molecule has 2 N–H and O–H groups in total. The van der Waals surface area contributed by atoms with Gasteiger partial charge in [-0.15, -0.1) is 0 Å². The Kier molecular flexibility index (Phi) is 10.6. The summed E-state index contributed by atoms with van der Waals surface area (Å²) in [7, 11) is 0. The first-order valence-corrected chi connectivity index (χ1v) is 11.0. The lowest BCUT2D eigenvalue weighted by Crippen LogP contribution is -2.24. The molecule has 29 heavy (non-hydrogen) atoms. The van der Waals surface area contributed by atoms with E-state index in [-0.39, 0.29) is 11.8 Å². The van der Waals surface area contributed by atoms with Gasteiger partial charge in [0, 0.05) is 23.4 Å². The quantitative estimate of drug-likeness (QED) is 0.397. The van der Waals surface area contributed by atoms with Crippen molar-refractivity contribution < 1.29 is 9.59 Å². The summed E-state index contributed by atoms with van der Waals surface area (Å²) in [6, 6.07) is 16.1. The minimum atomic E-state index is -0.159. The first-order chi connectivity index (χ1) is 14.2. The van der Waals surface area contributed by atoms with E-state index < -0.39 is 0 Å². The van der Waals surface area contributed by atoms with Crippen molar-refractivity contribution >= 4 is 17.5 Å². The lowest BCUT2D eigenvalue weighted by molar-refractivity contribution is 0.0952. The highest BCUT2D eigenvalue weighted by Gasteiger charge is 2.07. The van der Waals surface area contributed by atoms with Crippen molar-refractivity contribution in [2.75, 3.05) is 11.9 Å². The summed E-state index contributed by atoms with van der Waals surface area (Å²) < 4.78 is 0. The average molecular weight is 395 g/mol. The van der Waals surface area contributed by atoms with Crippen molar-refractivity contribution in [2.24, 2.45) is 0 Å². The number of hydrogen-bond donors (Lipinski definition) is 2. The second-order valence-electron chi connectivity index (χ2n) is 7.48. The summed E-state index contributed by atoms with van der Waals surface area (Å²) in [5, 5.41) is 5.82. The highest BCUT2D eigenvalue weighted by atomic mass is 16.2. The van der Waals surface area contributed by atoms with Crippen LogP contribution in [0.1, 0.15) is 85.4 Å². The summed E-state index contributed by atoms with van der Waals surface area (Å²) in [6.45, 7) is 2.95. The lowest BCUT2D eigenvalue weighted by atomic mass is 10.1. The van der Waals surface area contributed by atoms with Crippen LogP contribution in [0.2, 0.25) is 0 Å². The fourth-order valence-electron chi connectivity index (χ4n) is 3.24. The number of amides is 2. The molecule has 0 fully saturated rings. The molecule has 0 spiro atoms. The van der Waals surface area contributed by atoms with Gasteiger partial charge in [-0.3, -0.25) is 9.59 Å². The van der Waals surface area contributed by atoms with Crippen LogP contribution in [-0.4, -0.2) is 18.4 Å². The Bertz CT molecular complexity index is 726. The molecule has 2 aromatic carbocycles. The highest BCUT2D eigenvalue weighted by molar-refractivity contribution is 6.04. The van der Waals surface area contributed by atoms with Crippen LogP contribution in [0.5, 0.6) is 0 Å². The van der Waals surface area contributed by atoms with Crippen molar-refractivity contribution in [3.05, 3.63) is 65.7 Å². The molecule has 0 aliphatic heterocycles. The molecule has 0 aliphatic rings. The summed E-state index contributed by atoms with van der Waals surface area (Å²) in [6.07, 6.45) is 11.4. The van der Waals surface area contributed by atoms with Crippen LogP contribution in [-0.2, 0) is 0 Å². The highest BCUT2D eigenvalue weighted by Crippen LogP contribution is 2.12. The first kappa shape index (κ1) is 22.7. The Balaban J connectivity index is 1.61. The van der Waals surface area contributed by atoms with Crippen LogP contribution < -0.4 is 10.6 Å².